The Bertz CT molecular complexity index is 1570. The van der Waals surface area contributed by atoms with E-state index in [1.807, 2.05) is 6.92 Å². The lowest BCUT2D eigenvalue weighted by atomic mass is 10.1. The fourth-order valence-corrected chi connectivity index (χ4v) is 4.61. The number of pyridine rings is 1. The maximum Gasteiger partial charge on any atom is 0.416 e. The van der Waals surface area contributed by atoms with Crippen LogP contribution in [0.25, 0.3) is 16.8 Å². The van der Waals surface area contributed by atoms with E-state index in [1.54, 1.807) is 17.4 Å². The number of hydrogen-bond donors (Lipinski definition) is 3. The van der Waals surface area contributed by atoms with Gasteiger partial charge in [-0.2, -0.15) is 13.2 Å². The molecule has 0 spiro atoms. The third-order valence-corrected chi connectivity index (χ3v) is 6.55. The number of aromatic nitrogens is 4. The van der Waals surface area contributed by atoms with Crippen LogP contribution in [0.4, 0.5) is 24.8 Å². The maximum atomic E-state index is 13.1. The molecule has 0 unspecified atom stereocenters. The molecular formula is C26H25ClF3N7O3. The monoisotopic (exact) mass is 575 g/mol. The Morgan fingerprint density at radius 1 is 1.30 bits per heavy atom. The molecule has 1 saturated heterocycles. The van der Waals surface area contributed by atoms with Crippen LogP contribution in [0.1, 0.15) is 41.7 Å². The number of anilines is 2. The summed E-state index contributed by atoms with van der Waals surface area (Å²) in [6.45, 7) is 5.01. The fourth-order valence-electron chi connectivity index (χ4n) is 4.39. The van der Waals surface area contributed by atoms with Crippen molar-refractivity contribution in [1.82, 2.24) is 24.7 Å². The quantitative estimate of drug-likeness (QED) is 0.301. The van der Waals surface area contributed by atoms with Crippen LogP contribution in [-0.4, -0.2) is 51.1 Å². The summed E-state index contributed by atoms with van der Waals surface area (Å²) in [6.07, 6.45) is -2.59. The highest BCUT2D eigenvalue weighted by Crippen LogP contribution is 2.38. The number of fused-ring (bicyclic) bond motifs is 1. The predicted molar refractivity (Wildman–Crippen MR) is 142 cm³/mol. The molecule has 0 aliphatic carbocycles. The van der Waals surface area contributed by atoms with Gasteiger partial charge in [0.2, 0.25) is 0 Å². The highest BCUT2D eigenvalue weighted by molar-refractivity contribution is 6.30. The van der Waals surface area contributed by atoms with E-state index in [4.69, 9.17) is 31.8 Å². The zero-order valence-electron chi connectivity index (χ0n) is 21.4. The number of imidazole rings is 1. The number of nitrogens with one attached hydrogen (secondary N) is 2. The predicted octanol–water partition coefficient (Wildman–Crippen LogP) is 4.75. The molecule has 210 valence electrons. The Kier molecular flexibility index (Phi) is 7.53. The molecule has 0 saturated carbocycles. The first kappa shape index (κ1) is 27.6. The van der Waals surface area contributed by atoms with Gasteiger partial charge in [-0.05, 0) is 44.2 Å². The summed E-state index contributed by atoms with van der Waals surface area (Å²) in [5.41, 5.74) is 6.85. The molecule has 0 bridgehead atoms. The molecule has 4 heterocycles. The molecule has 1 aromatic carbocycles. The second-order valence-electron chi connectivity index (χ2n) is 9.13. The van der Waals surface area contributed by atoms with Gasteiger partial charge < -0.3 is 25.8 Å². The van der Waals surface area contributed by atoms with Crippen molar-refractivity contribution in [2.45, 2.75) is 32.2 Å². The van der Waals surface area contributed by atoms with E-state index in [1.165, 1.54) is 18.3 Å². The normalized spacial score (nSPS) is 17.6. The third-order valence-electron chi connectivity index (χ3n) is 6.28. The Balaban J connectivity index is 1.55. The van der Waals surface area contributed by atoms with Crippen molar-refractivity contribution < 1.29 is 27.4 Å². The molecule has 1 amide bonds. The number of morpholine rings is 1. The number of ether oxygens (including phenoxy) is 2. The zero-order valence-corrected chi connectivity index (χ0v) is 22.2. The molecule has 4 N–H and O–H groups in total. The standard InChI is InChI=1S/C26H25ClF3N7O3/c1-3-39-17-8-14(25(38)35-20-9-15(6-7-32-20)26(28,29)30)4-5-16(17)21-22-23(31)34-11-19(27)37(22)24(36-21)18-10-33-13(2)12-40-18/h4-9,11,13,18,33H,3,10,12H2,1-2H3,(H2,31,34)(H,32,35,38)/t13-,18+/m0/s1. The van der Waals surface area contributed by atoms with E-state index in [0.29, 0.717) is 41.5 Å². The summed E-state index contributed by atoms with van der Waals surface area (Å²) < 4.78 is 52.8. The molecule has 2 atom stereocenters. The van der Waals surface area contributed by atoms with Crippen LogP contribution in [0.2, 0.25) is 5.15 Å². The topological polar surface area (TPSA) is 129 Å². The number of rotatable bonds is 6. The van der Waals surface area contributed by atoms with E-state index in [0.717, 1.165) is 18.3 Å². The lowest BCUT2D eigenvalue weighted by Crippen LogP contribution is -2.41. The van der Waals surface area contributed by atoms with Crippen molar-refractivity contribution in [2.24, 2.45) is 0 Å². The van der Waals surface area contributed by atoms with Crippen molar-refractivity contribution in [3.05, 3.63) is 64.8 Å². The van der Waals surface area contributed by atoms with Crippen LogP contribution >= 0.6 is 11.6 Å². The molecule has 14 heteroatoms. The first-order valence-corrected chi connectivity index (χ1v) is 12.7. The molecule has 40 heavy (non-hydrogen) atoms. The first-order valence-electron chi connectivity index (χ1n) is 12.4. The van der Waals surface area contributed by atoms with E-state index in [9.17, 15) is 18.0 Å². The van der Waals surface area contributed by atoms with Crippen molar-refractivity contribution in [1.29, 1.82) is 0 Å². The van der Waals surface area contributed by atoms with Gasteiger partial charge in [-0.25, -0.2) is 15.0 Å². The fraction of sp³-hybridized carbons (Fsp3) is 0.308. The van der Waals surface area contributed by atoms with Gasteiger partial charge in [0.15, 0.2) is 0 Å². The SMILES string of the molecule is CCOc1cc(C(=O)Nc2cc(C(F)(F)F)ccn2)ccc1-c1nc([C@H]2CN[C@@H](C)CO2)n2c(Cl)cnc(N)c12. The smallest absolute Gasteiger partial charge is 0.416 e. The summed E-state index contributed by atoms with van der Waals surface area (Å²) in [7, 11) is 0. The Hall–Kier alpha value is -3.94. The molecule has 3 aromatic heterocycles. The number of benzene rings is 1. The largest absolute Gasteiger partial charge is 0.493 e. The third kappa shape index (κ3) is 5.40. The number of hydrogen-bond acceptors (Lipinski definition) is 8. The molecule has 10 nitrogen and oxygen atoms in total. The number of carbonyl (C=O) groups excluding carboxylic acids is 1. The second kappa shape index (κ2) is 10.9. The average molecular weight is 576 g/mol. The number of nitrogens with zero attached hydrogens (tertiary/aromatic N) is 4. The lowest BCUT2D eigenvalue weighted by molar-refractivity contribution is -0.137. The second-order valence-corrected chi connectivity index (χ2v) is 9.51. The van der Waals surface area contributed by atoms with Gasteiger partial charge in [-0.1, -0.05) is 11.6 Å². The Morgan fingerprint density at radius 2 is 2.10 bits per heavy atom. The van der Waals surface area contributed by atoms with Gasteiger partial charge in [0.25, 0.3) is 5.91 Å². The van der Waals surface area contributed by atoms with Gasteiger partial charge >= 0.3 is 6.18 Å². The van der Waals surface area contributed by atoms with Crippen LogP contribution in [-0.2, 0) is 10.9 Å². The minimum atomic E-state index is -4.57. The average Bonchev–Trinajstić information content (AvgIpc) is 3.33. The molecule has 1 aliphatic heterocycles. The molecule has 5 rings (SSSR count). The number of alkyl halides is 3. The van der Waals surface area contributed by atoms with Crippen molar-refractivity contribution in [2.75, 3.05) is 30.8 Å². The molecular weight excluding hydrogens is 551 g/mol. The molecule has 1 aliphatic rings. The van der Waals surface area contributed by atoms with Crippen LogP contribution in [0.15, 0.2) is 42.7 Å². The molecule has 1 fully saturated rings. The highest BCUT2D eigenvalue weighted by Gasteiger charge is 2.31. The number of nitrogen functional groups attached to an aromatic ring is 1. The van der Waals surface area contributed by atoms with Crippen molar-refractivity contribution >= 4 is 34.7 Å². The maximum absolute atomic E-state index is 13.1. The number of amides is 1. The van der Waals surface area contributed by atoms with Crippen LogP contribution in [0, 0.1) is 0 Å². The van der Waals surface area contributed by atoms with Crippen LogP contribution < -0.4 is 21.1 Å². The minimum Gasteiger partial charge on any atom is -0.493 e. The number of carbonyl (C=O) groups is 1. The highest BCUT2D eigenvalue weighted by atomic mass is 35.5. The van der Waals surface area contributed by atoms with Gasteiger partial charge in [0, 0.05) is 29.9 Å². The van der Waals surface area contributed by atoms with Crippen molar-refractivity contribution in [3.63, 3.8) is 0 Å². The van der Waals surface area contributed by atoms with Gasteiger partial charge in [0.05, 0.1) is 25.0 Å². The minimum absolute atomic E-state index is 0.132. The number of halogens is 4. The zero-order chi connectivity index (χ0) is 28.6. The lowest BCUT2D eigenvalue weighted by Gasteiger charge is -2.27. The summed E-state index contributed by atoms with van der Waals surface area (Å²) in [5, 5.41) is 6.04. The number of nitrogens with two attached hydrogens (primary N) is 1. The van der Waals surface area contributed by atoms with E-state index < -0.39 is 23.8 Å². The first-order chi connectivity index (χ1) is 19.1. The van der Waals surface area contributed by atoms with E-state index in [-0.39, 0.29) is 35.0 Å². The summed E-state index contributed by atoms with van der Waals surface area (Å²) in [6, 6.07) is 6.35. The van der Waals surface area contributed by atoms with Crippen LogP contribution in [0.5, 0.6) is 5.75 Å². The van der Waals surface area contributed by atoms with Gasteiger partial charge in [0.1, 0.15) is 45.7 Å². The Labute approximate surface area is 231 Å². The van der Waals surface area contributed by atoms with Gasteiger partial charge in [-0.15, -0.1) is 0 Å². The van der Waals surface area contributed by atoms with E-state index >= 15 is 0 Å². The van der Waals surface area contributed by atoms with Gasteiger partial charge in [-0.3, -0.25) is 9.20 Å². The van der Waals surface area contributed by atoms with E-state index in [2.05, 4.69) is 20.6 Å². The summed E-state index contributed by atoms with van der Waals surface area (Å²) in [5.74, 6) is 0.0817. The Morgan fingerprint density at radius 3 is 2.80 bits per heavy atom. The molecule has 4 aromatic rings. The summed E-state index contributed by atoms with van der Waals surface area (Å²) >= 11 is 6.54. The molecule has 0 radical (unpaired) electrons. The van der Waals surface area contributed by atoms with Crippen molar-refractivity contribution in [3.8, 4) is 17.0 Å². The summed E-state index contributed by atoms with van der Waals surface area (Å²) in [4.78, 5) is 25.8. The van der Waals surface area contributed by atoms with Crippen LogP contribution in [0.3, 0.4) is 0 Å².